The number of carbonyl (C=O) groups excluding carboxylic acids is 1. The number of rotatable bonds is 7. The van der Waals surface area contributed by atoms with Gasteiger partial charge in [0, 0.05) is 36.6 Å². The van der Waals surface area contributed by atoms with Gasteiger partial charge in [-0.15, -0.1) is 0 Å². The third-order valence-corrected chi connectivity index (χ3v) is 8.78. The van der Waals surface area contributed by atoms with E-state index in [0.717, 1.165) is 45.3 Å². The van der Waals surface area contributed by atoms with Gasteiger partial charge in [0.2, 0.25) is 0 Å². The molecule has 10 heteroatoms. The number of anilines is 1. The number of likely N-dealkylation sites (tertiary alicyclic amines) is 2. The predicted octanol–water partition coefficient (Wildman–Crippen LogP) is 2.59. The molecule has 8 nitrogen and oxygen atoms in total. The number of benzene rings is 2. The lowest BCUT2D eigenvalue weighted by Gasteiger charge is -2.28. The Bertz CT molecular complexity index is 1200. The third kappa shape index (κ3) is 5.56. The first-order valence-corrected chi connectivity index (χ1v) is 14.5. The minimum Gasteiger partial charge on any atom is -0.334 e. The van der Waals surface area contributed by atoms with Gasteiger partial charge in [-0.3, -0.25) is 9.52 Å². The Morgan fingerprint density at radius 1 is 0.879 bits per heavy atom. The molecule has 1 unspecified atom stereocenters. The Labute approximate surface area is 195 Å². The van der Waals surface area contributed by atoms with Gasteiger partial charge in [-0.25, -0.2) is 16.8 Å². The van der Waals surface area contributed by atoms with Crippen LogP contribution < -0.4 is 4.72 Å². The third-order valence-electron chi connectivity index (χ3n) is 6.25. The van der Waals surface area contributed by atoms with Crippen molar-refractivity contribution in [3.8, 4) is 0 Å². The van der Waals surface area contributed by atoms with Crippen molar-refractivity contribution >= 4 is 31.5 Å². The summed E-state index contributed by atoms with van der Waals surface area (Å²) in [4.78, 5) is 17.5. The van der Waals surface area contributed by atoms with Gasteiger partial charge in [0.25, 0.3) is 15.9 Å². The average Bonchev–Trinajstić information content (AvgIpc) is 3.46. The van der Waals surface area contributed by atoms with E-state index in [1.165, 1.54) is 37.1 Å². The van der Waals surface area contributed by atoms with Gasteiger partial charge in [0.15, 0.2) is 9.84 Å². The predicted molar refractivity (Wildman–Crippen MR) is 127 cm³/mol. The maximum Gasteiger partial charge on any atom is 0.261 e. The summed E-state index contributed by atoms with van der Waals surface area (Å²) in [6, 6.07) is 11.7. The van der Waals surface area contributed by atoms with Gasteiger partial charge < -0.3 is 9.80 Å². The first kappa shape index (κ1) is 23.7. The molecule has 2 aliphatic rings. The summed E-state index contributed by atoms with van der Waals surface area (Å²) in [5.74, 6) is -0.0255. The molecule has 2 aromatic carbocycles. The van der Waals surface area contributed by atoms with E-state index in [-0.39, 0.29) is 21.7 Å². The highest BCUT2D eigenvalue weighted by atomic mass is 32.2. The topological polar surface area (TPSA) is 104 Å². The normalized spacial score (nSPS) is 19.7. The Hall–Kier alpha value is -2.43. The van der Waals surface area contributed by atoms with Crippen molar-refractivity contribution in [3.63, 3.8) is 0 Å². The van der Waals surface area contributed by atoms with Crippen LogP contribution in [0.15, 0.2) is 58.3 Å². The Kier molecular flexibility index (Phi) is 6.78. The van der Waals surface area contributed by atoms with Crippen molar-refractivity contribution in [1.29, 1.82) is 0 Å². The molecule has 2 fully saturated rings. The summed E-state index contributed by atoms with van der Waals surface area (Å²) < 4.78 is 50.9. The van der Waals surface area contributed by atoms with Gasteiger partial charge in [0.1, 0.15) is 0 Å². The lowest BCUT2D eigenvalue weighted by molar-refractivity contribution is 0.0709. The summed E-state index contributed by atoms with van der Waals surface area (Å²) in [6.45, 7) is 3.87. The zero-order valence-corrected chi connectivity index (χ0v) is 20.2. The van der Waals surface area contributed by atoms with Crippen molar-refractivity contribution in [2.45, 2.75) is 41.5 Å². The molecule has 1 N–H and O–H groups in total. The molecule has 1 atom stereocenters. The van der Waals surface area contributed by atoms with E-state index in [1.807, 2.05) is 4.90 Å². The number of carbonyl (C=O) groups is 1. The maximum atomic E-state index is 13.1. The van der Waals surface area contributed by atoms with E-state index >= 15 is 0 Å². The van der Waals surface area contributed by atoms with Crippen molar-refractivity contribution in [3.05, 3.63) is 54.1 Å². The van der Waals surface area contributed by atoms with Crippen LogP contribution >= 0.6 is 0 Å². The molecule has 0 radical (unpaired) electrons. The second-order valence-corrected chi connectivity index (χ2v) is 12.4. The van der Waals surface area contributed by atoms with Crippen molar-refractivity contribution in [2.75, 3.05) is 37.2 Å². The highest BCUT2D eigenvalue weighted by molar-refractivity contribution is 7.92. The van der Waals surface area contributed by atoms with Crippen molar-refractivity contribution < 1.29 is 21.6 Å². The lowest BCUT2D eigenvalue weighted by Crippen LogP contribution is -2.42. The second-order valence-electron chi connectivity index (χ2n) is 8.73. The number of sulfone groups is 1. The maximum absolute atomic E-state index is 13.1. The molecular weight excluding hydrogens is 462 g/mol. The zero-order chi connectivity index (χ0) is 23.6. The fraction of sp³-hybridized carbons (Fsp3) is 0.435. The highest BCUT2D eigenvalue weighted by Crippen LogP contribution is 2.24. The SMILES string of the molecule is CS(=O)(=O)c1ccc(S(=O)(=O)Nc2ccc(C(=O)N3CCCC3CN3CCCC3)cc2)cc1. The van der Waals surface area contributed by atoms with Crippen LogP contribution in [0.4, 0.5) is 5.69 Å². The van der Waals surface area contributed by atoms with E-state index < -0.39 is 19.9 Å². The molecule has 0 aliphatic carbocycles. The molecule has 2 heterocycles. The van der Waals surface area contributed by atoms with Crippen LogP contribution in [0.1, 0.15) is 36.0 Å². The summed E-state index contributed by atoms with van der Waals surface area (Å²) in [6.07, 6.45) is 5.52. The second kappa shape index (κ2) is 9.44. The summed E-state index contributed by atoms with van der Waals surface area (Å²) >= 11 is 0. The lowest BCUT2D eigenvalue weighted by atomic mass is 10.1. The fourth-order valence-electron chi connectivity index (χ4n) is 4.48. The standard InChI is InChI=1S/C23H29N3O5S2/c1-32(28,29)21-10-12-22(13-11-21)33(30,31)24-19-8-6-18(7-9-19)23(27)26-16-4-5-20(26)17-25-14-2-3-15-25/h6-13,20,24H,2-5,14-17H2,1H3. The largest absolute Gasteiger partial charge is 0.334 e. The van der Waals surface area contributed by atoms with E-state index in [2.05, 4.69) is 9.62 Å². The van der Waals surface area contributed by atoms with Gasteiger partial charge in [-0.2, -0.15) is 0 Å². The molecule has 0 aromatic heterocycles. The average molecular weight is 492 g/mol. The molecule has 33 heavy (non-hydrogen) atoms. The Morgan fingerprint density at radius 3 is 2.09 bits per heavy atom. The van der Waals surface area contributed by atoms with E-state index in [1.54, 1.807) is 24.3 Å². The molecule has 178 valence electrons. The Morgan fingerprint density at radius 2 is 1.48 bits per heavy atom. The van der Waals surface area contributed by atoms with Gasteiger partial charge in [0.05, 0.1) is 9.79 Å². The van der Waals surface area contributed by atoms with Crippen LogP contribution in [0.5, 0.6) is 0 Å². The van der Waals surface area contributed by atoms with E-state index in [9.17, 15) is 21.6 Å². The minimum atomic E-state index is -3.89. The number of amides is 1. The molecule has 0 spiro atoms. The minimum absolute atomic E-state index is 0.0255. The van der Waals surface area contributed by atoms with Gasteiger partial charge in [-0.1, -0.05) is 0 Å². The zero-order valence-electron chi connectivity index (χ0n) is 18.6. The smallest absolute Gasteiger partial charge is 0.261 e. The number of sulfonamides is 1. The molecule has 2 saturated heterocycles. The highest BCUT2D eigenvalue weighted by Gasteiger charge is 2.31. The first-order chi connectivity index (χ1) is 15.6. The first-order valence-electron chi connectivity index (χ1n) is 11.1. The fourth-order valence-corrected chi connectivity index (χ4v) is 6.17. The summed E-state index contributed by atoms with van der Waals surface area (Å²) in [5.41, 5.74) is 0.859. The van der Waals surface area contributed by atoms with Crippen molar-refractivity contribution in [1.82, 2.24) is 9.80 Å². The Balaban J connectivity index is 1.42. The van der Waals surface area contributed by atoms with Gasteiger partial charge in [-0.05, 0) is 87.3 Å². The quantitative estimate of drug-likeness (QED) is 0.639. The van der Waals surface area contributed by atoms with E-state index in [4.69, 9.17) is 0 Å². The summed E-state index contributed by atoms with van der Waals surface area (Å²) in [7, 11) is -7.30. The number of hydrogen-bond donors (Lipinski definition) is 1. The molecule has 4 rings (SSSR count). The van der Waals surface area contributed by atoms with Crippen LogP contribution in [-0.4, -0.2) is 71.0 Å². The number of nitrogens with zero attached hydrogens (tertiary/aromatic N) is 2. The monoisotopic (exact) mass is 491 g/mol. The van der Waals surface area contributed by atoms with Crippen LogP contribution in [0, 0.1) is 0 Å². The molecule has 0 saturated carbocycles. The van der Waals surface area contributed by atoms with Crippen LogP contribution in [0.25, 0.3) is 0 Å². The van der Waals surface area contributed by atoms with Crippen LogP contribution in [-0.2, 0) is 19.9 Å². The van der Waals surface area contributed by atoms with Crippen LogP contribution in [0.3, 0.4) is 0 Å². The summed E-state index contributed by atoms with van der Waals surface area (Å²) in [5, 5.41) is 0. The van der Waals surface area contributed by atoms with Crippen molar-refractivity contribution in [2.24, 2.45) is 0 Å². The number of nitrogens with one attached hydrogen (secondary N) is 1. The van der Waals surface area contributed by atoms with Gasteiger partial charge >= 0.3 is 0 Å². The molecule has 0 bridgehead atoms. The van der Waals surface area contributed by atoms with Crippen LogP contribution in [0.2, 0.25) is 0 Å². The molecule has 2 aliphatic heterocycles. The molecular formula is C23H29N3O5S2. The molecule has 2 aromatic rings. The molecule has 1 amide bonds. The number of hydrogen-bond acceptors (Lipinski definition) is 6. The van der Waals surface area contributed by atoms with E-state index in [0.29, 0.717) is 11.3 Å².